The molecular formula is C11H14N4OS. The first-order valence-corrected chi connectivity index (χ1v) is 6.36. The second-order valence-electron chi connectivity index (χ2n) is 4.41. The topological polar surface area (TPSA) is 77.8 Å². The van der Waals surface area contributed by atoms with Crippen molar-refractivity contribution in [3.05, 3.63) is 11.3 Å². The third-order valence-electron chi connectivity index (χ3n) is 2.52. The molecular weight excluding hydrogens is 236 g/mol. The number of amides is 2. The van der Waals surface area contributed by atoms with Gasteiger partial charge in [-0.1, -0.05) is 13.8 Å². The number of hydrogen-bond donors (Lipinski definition) is 2. The smallest absolute Gasteiger partial charge is 0.320 e. The molecule has 0 unspecified atom stereocenters. The molecule has 1 aromatic heterocycles. The third-order valence-corrected chi connectivity index (χ3v) is 3.29. The largest absolute Gasteiger partial charge is 0.335 e. The molecule has 1 fully saturated rings. The lowest BCUT2D eigenvalue weighted by Gasteiger charge is -2.04. The van der Waals surface area contributed by atoms with E-state index >= 15 is 0 Å². The normalized spacial score (nSPS) is 14.5. The average Bonchev–Trinajstić information content (AvgIpc) is 2.96. The van der Waals surface area contributed by atoms with E-state index in [1.54, 1.807) is 0 Å². The molecule has 0 spiro atoms. The predicted molar refractivity (Wildman–Crippen MR) is 66.1 cm³/mol. The molecule has 0 aliphatic heterocycles. The van der Waals surface area contributed by atoms with Crippen LogP contribution in [0.15, 0.2) is 0 Å². The van der Waals surface area contributed by atoms with E-state index in [1.807, 2.05) is 13.8 Å². The molecule has 1 heterocycles. The van der Waals surface area contributed by atoms with Gasteiger partial charge >= 0.3 is 6.03 Å². The molecule has 5 nitrogen and oxygen atoms in total. The number of rotatable bonds is 3. The van der Waals surface area contributed by atoms with E-state index in [0.717, 1.165) is 30.1 Å². The van der Waals surface area contributed by atoms with Crippen LogP contribution in [0.3, 0.4) is 0 Å². The zero-order valence-electron chi connectivity index (χ0n) is 9.78. The van der Waals surface area contributed by atoms with Crippen LogP contribution in [-0.2, 0) is 0 Å². The van der Waals surface area contributed by atoms with Crippen LogP contribution in [0.4, 0.5) is 9.80 Å². The lowest BCUT2D eigenvalue weighted by molar-refractivity contribution is 0.252. The fourth-order valence-corrected chi connectivity index (χ4v) is 2.31. The minimum absolute atomic E-state index is 0.183. The second-order valence-corrected chi connectivity index (χ2v) is 5.18. The second kappa shape index (κ2) is 4.72. The fraction of sp³-hybridized carbons (Fsp3) is 0.545. The SMILES string of the molecule is CC(C)c1nsc(NC(=O)NC2CC2)c1C#N. The van der Waals surface area contributed by atoms with Crippen LogP contribution < -0.4 is 10.6 Å². The maximum absolute atomic E-state index is 11.6. The number of anilines is 1. The van der Waals surface area contributed by atoms with E-state index in [1.165, 1.54) is 0 Å². The van der Waals surface area contributed by atoms with Gasteiger partial charge in [0.05, 0.1) is 5.69 Å². The van der Waals surface area contributed by atoms with Crippen molar-refractivity contribution in [2.75, 3.05) is 5.32 Å². The fourth-order valence-electron chi connectivity index (χ4n) is 1.44. The quantitative estimate of drug-likeness (QED) is 0.864. The van der Waals surface area contributed by atoms with Crippen molar-refractivity contribution in [1.82, 2.24) is 9.69 Å². The molecule has 1 aliphatic rings. The Morgan fingerprint density at radius 2 is 2.29 bits per heavy atom. The highest BCUT2D eigenvalue weighted by molar-refractivity contribution is 7.10. The summed E-state index contributed by atoms with van der Waals surface area (Å²) in [5.74, 6) is 0.183. The third kappa shape index (κ3) is 2.74. The van der Waals surface area contributed by atoms with Crippen LogP contribution in [0.5, 0.6) is 0 Å². The van der Waals surface area contributed by atoms with Crippen molar-refractivity contribution in [3.8, 4) is 6.07 Å². The standard InChI is InChI=1S/C11H14N4OS/c1-6(2)9-8(5-12)10(17-15-9)14-11(16)13-7-3-4-7/h6-7H,3-4H2,1-2H3,(H2,13,14,16). The zero-order valence-corrected chi connectivity index (χ0v) is 10.6. The van der Waals surface area contributed by atoms with Gasteiger partial charge in [0.15, 0.2) is 0 Å². The number of aromatic nitrogens is 1. The summed E-state index contributed by atoms with van der Waals surface area (Å²) in [7, 11) is 0. The van der Waals surface area contributed by atoms with Crippen molar-refractivity contribution in [1.29, 1.82) is 5.26 Å². The van der Waals surface area contributed by atoms with Crippen LogP contribution >= 0.6 is 11.5 Å². The van der Waals surface area contributed by atoms with Crippen molar-refractivity contribution < 1.29 is 4.79 Å². The molecule has 2 rings (SSSR count). The van der Waals surface area contributed by atoms with E-state index in [9.17, 15) is 4.79 Å². The molecule has 1 aliphatic carbocycles. The maximum Gasteiger partial charge on any atom is 0.320 e. The van der Waals surface area contributed by atoms with Crippen LogP contribution in [0.1, 0.15) is 43.9 Å². The number of hydrogen-bond acceptors (Lipinski definition) is 4. The molecule has 0 radical (unpaired) electrons. The highest BCUT2D eigenvalue weighted by Gasteiger charge is 2.24. The average molecular weight is 250 g/mol. The Morgan fingerprint density at radius 3 is 2.82 bits per heavy atom. The van der Waals surface area contributed by atoms with Crippen molar-refractivity contribution in [3.63, 3.8) is 0 Å². The lowest BCUT2D eigenvalue weighted by atomic mass is 10.1. The van der Waals surface area contributed by atoms with Gasteiger partial charge < -0.3 is 5.32 Å². The first kappa shape index (κ1) is 11.9. The van der Waals surface area contributed by atoms with Gasteiger partial charge in [-0.15, -0.1) is 0 Å². The summed E-state index contributed by atoms with van der Waals surface area (Å²) < 4.78 is 4.21. The Labute approximate surface area is 104 Å². The summed E-state index contributed by atoms with van der Waals surface area (Å²) in [4.78, 5) is 11.6. The highest BCUT2D eigenvalue weighted by atomic mass is 32.1. The molecule has 6 heteroatoms. The monoisotopic (exact) mass is 250 g/mol. The summed E-state index contributed by atoms with van der Waals surface area (Å²) in [6, 6.07) is 2.16. The van der Waals surface area contributed by atoms with E-state index in [0.29, 0.717) is 16.6 Å². The number of nitrogens with one attached hydrogen (secondary N) is 2. The van der Waals surface area contributed by atoms with Crippen molar-refractivity contribution in [2.45, 2.75) is 38.6 Å². The molecule has 2 N–H and O–H groups in total. The van der Waals surface area contributed by atoms with E-state index in [2.05, 4.69) is 21.1 Å². The first-order chi connectivity index (χ1) is 8.11. The highest BCUT2D eigenvalue weighted by Crippen LogP contribution is 2.29. The number of urea groups is 1. The number of carbonyl (C=O) groups is 1. The van der Waals surface area contributed by atoms with E-state index in [-0.39, 0.29) is 11.9 Å². The van der Waals surface area contributed by atoms with Gasteiger partial charge in [0, 0.05) is 6.04 Å². The predicted octanol–water partition coefficient (Wildman–Crippen LogP) is 2.42. The zero-order chi connectivity index (χ0) is 12.4. The molecule has 0 saturated heterocycles. The summed E-state index contributed by atoms with van der Waals surface area (Å²) in [6.45, 7) is 3.95. The van der Waals surface area contributed by atoms with Crippen LogP contribution in [0, 0.1) is 11.3 Å². The molecule has 1 aromatic rings. The Balaban J connectivity index is 2.09. The molecule has 0 bridgehead atoms. The Bertz CT molecular complexity index is 470. The number of carbonyl (C=O) groups excluding carboxylic acids is 1. The van der Waals surface area contributed by atoms with Gasteiger partial charge in [0.25, 0.3) is 0 Å². The summed E-state index contributed by atoms with van der Waals surface area (Å²) in [5, 5.41) is 15.1. The van der Waals surface area contributed by atoms with Gasteiger partial charge in [-0.05, 0) is 30.3 Å². The number of nitrogens with zero attached hydrogens (tertiary/aromatic N) is 2. The minimum atomic E-state index is -0.247. The summed E-state index contributed by atoms with van der Waals surface area (Å²) in [5.41, 5.74) is 1.23. The van der Waals surface area contributed by atoms with Gasteiger partial charge in [-0.25, -0.2) is 4.79 Å². The minimum Gasteiger partial charge on any atom is -0.335 e. The molecule has 2 amide bonds. The summed E-state index contributed by atoms with van der Waals surface area (Å²) >= 11 is 1.16. The van der Waals surface area contributed by atoms with Crippen molar-refractivity contribution in [2.24, 2.45) is 0 Å². The van der Waals surface area contributed by atoms with Gasteiger partial charge in [-0.3, -0.25) is 5.32 Å². The summed E-state index contributed by atoms with van der Waals surface area (Å²) in [6.07, 6.45) is 2.08. The van der Waals surface area contributed by atoms with Gasteiger partial charge in [0.1, 0.15) is 16.6 Å². The Hall–Kier alpha value is -1.61. The Morgan fingerprint density at radius 1 is 1.59 bits per heavy atom. The number of nitriles is 1. The van der Waals surface area contributed by atoms with E-state index < -0.39 is 0 Å². The van der Waals surface area contributed by atoms with Crippen LogP contribution in [0.2, 0.25) is 0 Å². The van der Waals surface area contributed by atoms with Crippen molar-refractivity contribution >= 4 is 22.6 Å². The van der Waals surface area contributed by atoms with Gasteiger partial charge in [-0.2, -0.15) is 9.64 Å². The molecule has 1 saturated carbocycles. The van der Waals surface area contributed by atoms with Gasteiger partial charge in [0.2, 0.25) is 0 Å². The Kier molecular flexibility index (Phi) is 3.29. The van der Waals surface area contributed by atoms with E-state index in [4.69, 9.17) is 5.26 Å². The molecule has 0 aromatic carbocycles. The van der Waals surface area contributed by atoms with Crippen LogP contribution in [0.25, 0.3) is 0 Å². The molecule has 0 atom stereocenters. The first-order valence-electron chi connectivity index (χ1n) is 5.59. The molecule has 17 heavy (non-hydrogen) atoms. The maximum atomic E-state index is 11.6. The lowest BCUT2D eigenvalue weighted by Crippen LogP contribution is -2.30. The van der Waals surface area contributed by atoms with Crippen LogP contribution in [-0.4, -0.2) is 16.4 Å². The molecule has 90 valence electrons.